The smallest absolute Gasteiger partial charge is 0.385 e. The summed E-state index contributed by atoms with van der Waals surface area (Å²) in [6, 6.07) is 0. The Hall–Kier alpha value is -1.07. The van der Waals surface area contributed by atoms with Crippen molar-refractivity contribution in [2.45, 2.75) is 24.7 Å². The van der Waals surface area contributed by atoms with Crippen LogP contribution in [-0.2, 0) is 18.6 Å². The van der Waals surface area contributed by atoms with Gasteiger partial charge >= 0.3 is 7.82 Å². The lowest BCUT2D eigenvalue weighted by Crippen LogP contribution is -2.36. The van der Waals surface area contributed by atoms with E-state index in [1.807, 2.05) is 5.32 Å². The average Bonchev–Trinajstić information content (AvgIpc) is 2.45. The van der Waals surface area contributed by atoms with E-state index in [1.54, 1.807) is 0 Å². The highest BCUT2D eigenvalue weighted by Gasteiger charge is 2.46. The third kappa shape index (κ3) is 3.99. The molecule has 0 radical (unpaired) electrons. The molecule has 0 aromatic heterocycles. The molecule has 7 N–H and O–H groups in total. The summed E-state index contributed by atoms with van der Waals surface area (Å²) < 4.78 is 19.4. The fourth-order valence-corrected chi connectivity index (χ4v) is 1.64. The quantitative estimate of drug-likeness (QED) is 0.132. The number of carbonyl (C=O) groups is 1. The molecule has 1 heterocycles. The lowest BCUT2D eigenvalue weighted by atomic mass is 10.2. The molecular formula is C6H12N3O8P. The number of hydrogen-bond donors (Lipinski definition) is 6. The SMILES string of the molecule is N/C(=N\[C@@H]1O[C@H](OP(=O)(O)O)[C@@H](O)[C@H]1O)NC=O. The van der Waals surface area contributed by atoms with E-state index in [4.69, 9.17) is 20.3 Å². The van der Waals surface area contributed by atoms with E-state index < -0.39 is 38.5 Å². The van der Waals surface area contributed by atoms with Crippen LogP contribution in [0.2, 0.25) is 0 Å². The molecule has 4 atom stereocenters. The molecule has 104 valence electrons. The largest absolute Gasteiger partial charge is 0.472 e. The van der Waals surface area contributed by atoms with E-state index in [-0.39, 0.29) is 6.41 Å². The van der Waals surface area contributed by atoms with Gasteiger partial charge in [-0.15, -0.1) is 0 Å². The number of phosphoric acid groups is 1. The minimum Gasteiger partial charge on any atom is -0.385 e. The van der Waals surface area contributed by atoms with E-state index in [0.717, 1.165) is 0 Å². The lowest BCUT2D eigenvalue weighted by molar-refractivity contribution is -0.118. The minimum absolute atomic E-state index is 0.222. The third-order valence-corrected chi connectivity index (χ3v) is 2.39. The number of nitrogens with two attached hydrogens (primary N) is 1. The predicted octanol–water partition coefficient (Wildman–Crippen LogP) is -3.44. The highest BCUT2D eigenvalue weighted by atomic mass is 31.2. The van der Waals surface area contributed by atoms with Gasteiger partial charge in [-0.25, -0.2) is 9.56 Å². The first-order valence-electron chi connectivity index (χ1n) is 4.53. The van der Waals surface area contributed by atoms with Crippen molar-refractivity contribution in [3.63, 3.8) is 0 Å². The van der Waals surface area contributed by atoms with Gasteiger partial charge in [-0.1, -0.05) is 0 Å². The van der Waals surface area contributed by atoms with Crippen LogP contribution < -0.4 is 11.1 Å². The Morgan fingerprint density at radius 3 is 2.56 bits per heavy atom. The molecule has 1 aliphatic rings. The standard InChI is InChI=1S/C6H12N3O8P/c7-6(8-1-10)9-4-2(11)3(12)5(16-4)17-18(13,14)15/h1-5,11-12H,(H2,13,14,15)(H3,7,8,9,10)/t2-,3+,4-,5-/m1/s1. The molecular weight excluding hydrogens is 273 g/mol. The van der Waals surface area contributed by atoms with Crippen LogP contribution in [0.4, 0.5) is 0 Å². The lowest BCUT2D eigenvalue weighted by Gasteiger charge is -2.14. The molecule has 1 aliphatic heterocycles. The Morgan fingerprint density at radius 1 is 1.44 bits per heavy atom. The summed E-state index contributed by atoms with van der Waals surface area (Å²) in [4.78, 5) is 30.6. The van der Waals surface area contributed by atoms with E-state index in [2.05, 4.69) is 9.52 Å². The van der Waals surface area contributed by atoms with Gasteiger partial charge in [0.2, 0.25) is 6.41 Å². The Bertz CT molecular complexity index is 383. The van der Waals surface area contributed by atoms with Gasteiger partial charge in [-0.05, 0) is 0 Å². The van der Waals surface area contributed by atoms with Gasteiger partial charge in [0, 0.05) is 0 Å². The zero-order valence-corrected chi connectivity index (χ0v) is 9.67. The summed E-state index contributed by atoms with van der Waals surface area (Å²) in [5.74, 6) is -0.405. The summed E-state index contributed by atoms with van der Waals surface area (Å²) in [6.45, 7) is 0. The molecule has 1 rings (SSSR count). The van der Waals surface area contributed by atoms with Crippen LogP contribution in [0, 0.1) is 0 Å². The van der Waals surface area contributed by atoms with Crippen molar-refractivity contribution in [3.05, 3.63) is 0 Å². The van der Waals surface area contributed by atoms with E-state index in [9.17, 15) is 19.6 Å². The number of hydrogen-bond acceptors (Lipinski definition) is 7. The molecule has 18 heavy (non-hydrogen) atoms. The van der Waals surface area contributed by atoms with Crippen molar-refractivity contribution in [3.8, 4) is 0 Å². The second kappa shape index (κ2) is 5.71. The molecule has 11 nitrogen and oxygen atoms in total. The molecule has 0 bridgehead atoms. The summed E-state index contributed by atoms with van der Waals surface area (Å²) in [7, 11) is -4.90. The van der Waals surface area contributed by atoms with Crippen molar-refractivity contribution in [1.82, 2.24) is 5.32 Å². The number of nitrogens with zero attached hydrogens (tertiary/aromatic N) is 1. The van der Waals surface area contributed by atoms with Crippen LogP contribution in [0.15, 0.2) is 4.99 Å². The highest BCUT2D eigenvalue weighted by molar-refractivity contribution is 7.46. The van der Waals surface area contributed by atoms with Gasteiger partial charge in [0.25, 0.3) is 0 Å². The summed E-state index contributed by atoms with van der Waals surface area (Å²) in [5.41, 5.74) is 5.18. The molecule has 0 aliphatic carbocycles. The number of aliphatic hydroxyl groups excluding tert-OH is 2. The third-order valence-electron chi connectivity index (χ3n) is 1.91. The van der Waals surface area contributed by atoms with Crippen LogP contribution in [0.1, 0.15) is 0 Å². The van der Waals surface area contributed by atoms with Crippen LogP contribution in [0.3, 0.4) is 0 Å². The first-order valence-corrected chi connectivity index (χ1v) is 6.06. The summed E-state index contributed by atoms with van der Waals surface area (Å²) in [5, 5.41) is 20.8. The Kier molecular flexibility index (Phi) is 4.76. The first kappa shape index (κ1) is 15.0. The monoisotopic (exact) mass is 285 g/mol. The van der Waals surface area contributed by atoms with Gasteiger partial charge in [0.1, 0.15) is 12.2 Å². The minimum atomic E-state index is -4.90. The zero-order chi connectivity index (χ0) is 13.9. The number of guanidine groups is 1. The van der Waals surface area contributed by atoms with Gasteiger partial charge in [0.05, 0.1) is 0 Å². The number of rotatable bonds is 4. The molecule has 0 aromatic rings. The topological polar surface area (TPSA) is 184 Å². The molecule has 0 spiro atoms. The molecule has 1 amide bonds. The molecule has 1 saturated heterocycles. The molecule has 0 saturated carbocycles. The van der Waals surface area contributed by atoms with Crippen molar-refractivity contribution in [2.24, 2.45) is 10.7 Å². The van der Waals surface area contributed by atoms with Crippen LogP contribution in [0.25, 0.3) is 0 Å². The van der Waals surface area contributed by atoms with Gasteiger partial charge < -0.3 is 30.5 Å². The van der Waals surface area contributed by atoms with Crippen molar-refractivity contribution in [2.75, 3.05) is 0 Å². The fraction of sp³-hybridized carbons (Fsp3) is 0.667. The number of aliphatic imine (C=N–C) groups is 1. The number of nitrogens with one attached hydrogen (secondary N) is 1. The maximum Gasteiger partial charge on any atom is 0.472 e. The fourth-order valence-electron chi connectivity index (χ4n) is 1.19. The van der Waals surface area contributed by atoms with Gasteiger partial charge in [-0.3, -0.25) is 14.6 Å². The van der Waals surface area contributed by atoms with Crippen LogP contribution in [-0.4, -0.2) is 57.1 Å². The molecule has 0 aromatic carbocycles. The second-order valence-electron chi connectivity index (χ2n) is 3.25. The number of aliphatic hydroxyl groups is 2. The maximum absolute atomic E-state index is 10.6. The van der Waals surface area contributed by atoms with Gasteiger partial charge in [-0.2, -0.15) is 0 Å². The Labute approximate surface area is 100 Å². The van der Waals surface area contributed by atoms with Crippen molar-refractivity contribution in [1.29, 1.82) is 0 Å². The first-order chi connectivity index (χ1) is 8.24. The second-order valence-corrected chi connectivity index (χ2v) is 4.44. The van der Waals surface area contributed by atoms with Crippen LogP contribution >= 0.6 is 7.82 Å². The maximum atomic E-state index is 10.6. The number of phosphoric ester groups is 1. The molecule has 12 heteroatoms. The highest BCUT2D eigenvalue weighted by Crippen LogP contribution is 2.41. The normalized spacial score (nSPS) is 33.4. The van der Waals surface area contributed by atoms with Crippen molar-refractivity contribution < 1.29 is 38.6 Å². The molecule has 0 unspecified atom stereocenters. The average molecular weight is 285 g/mol. The molecule has 1 fully saturated rings. The number of carbonyl (C=O) groups excluding carboxylic acids is 1. The zero-order valence-electron chi connectivity index (χ0n) is 8.78. The predicted molar refractivity (Wildman–Crippen MR) is 54.6 cm³/mol. The van der Waals surface area contributed by atoms with Crippen molar-refractivity contribution >= 4 is 20.2 Å². The number of amides is 1. The van der Waals surface area contributed by atoms with Crippen LogP contribution in [0.5, 0.6) is 0 Å². The Morgan fingerprint density at radius 2 is 2.06 bits per heavy atom. The number of ether oxygens (including phenoxy) is 1. The summed E-state index contributed by atoms with van der Waals surface area (Å²) >= 11 is 0. The summed E-state index contributed by atoms with van der Waals surface area (Å²) in [6.07, 6.45) is -6.31. The van der Waals surface area contributed by atoms with Gasteiger partial charge in [0.15, 0.2) is 18.5 Å². The van der Waals surface area contributed by atoms with E-state index >= 15 is 0 Å². The Balaban J connectivity index is 2.72. The van der Waals surface area contributed by atoms with E-state index in [1.165, 1.54) is 0 Å². The van der Waals surface area contributed by atoms with E-state index in [0.29, 0.717) is 0 Å².